The SMILES string of the molecule is C=CCSCCNCc1ccc(SC)cc1. The van der Waals surface area contributed by atoms with Crippen molar-refractivity contribution in [3.8, 4) is 0 Å². The van der Waals surface area contributed by atoms with Gasteiger partial charge < -0.3 is 5.32 Å². The first kappa shape index (κ1) is 13.7. The van der Waals surface area contributed by atoms with Crippen LogP contribution in [0.25, 0.3) is 0 Å². The molecule has 1 N–H and O–H groups in total. The molecule has 0 spiro atoms. The zero-order chi connectivity index (χ0) is 11.6. The molecule has 0 saturated carbocycles. The summed E-state index contributed by atoms with van der Waals surface area (Å²) in [5.74, 6) is 2.19. The van der Waals surface area contributed by atoms with Gasteiger partial charge in [-0.05, 0) is 24.0 Å². The van der Waals surface area contributed by atoms with Gasteiger partial charge in [-0.3, -0.25) is 0 Å². The first-order valence-corrected chi connectivity index (χ1v) is 7.77. The highest BCUT2D eigenvalue weighted by Crippen LogP contribution is 2.14. The summed E-state index contributed by atoms with van der Waals surface area (Å²) in [6, 6.07) is 8.73. The van der Waals surface area contributed by atoms with E-state index in [1.165, 1.54) is 10.5 Å². The quantitative estimate of drug-likeness (QED) is 0.433. The van der Waals surface area contributed by atoms with Crippen LogP contribution in [0.2, 0.25) is 0 Å². The van der Waals surface area contributed by atoms with E-state index < -0.39 is 0 Å². The van der Waals surface area contributed by atoms with Crippen molar-refractivity contribution in [1.29, 1.82) is 0 Å². The van der Waals surface area contributed by atoms with Crippen molar-refractivity contribution in [2.75, 3.05) is 24.3 Å². The van der Waals surface area contributed by atoms with Gasteiger partial charge in [0.05, 0.1) is 0 Å². The van der Waals surface area contributed by atoms with E-state index in [1.54, 1.807) is 11.8 Å². The van der Waals surface area contributed by atoms with Gasteiger partial charge in [-0.2, -0.15) is 11.8 Å². The Bertz CT molecular complexity index is 295. The van der Waals surface area contributed by atoms with Crippen LogP contribution in [-0.2, 0) is 6.54 Å². The third kappa shape index (κ3) is 5.64. The Labute approximate surface area is 107 Å². The predicted octanol–water partition coefficient (Wildman–Crippen LogP) is 3.42. The van der Waals surface area contributed by atoms with E-state index in [2.05, 4.69) is 42.4 Å². The van der Waals surface area contributed by atoms with Crippen LogP contribution < -0.4 is 5.32 Å². The van der Waals surface area contributed by atoms with E-state index in [0.717, 1.165) is 24.6 Å². The first-order valence-electron chi connectivity index (χ1n) is 5.39. The average Bonchev–Trinajstić information content (AvgIpc) is 2.34. The van der Waals surface area contributed by atoms with Crippen molar-refractivity contribution in [3.63, 3.8) is 0 Å². The molecule has 0 saturated heterocycles. The Morgan fingerprint density at radius 3 is 2.69 bits per heavy atom. The van der Waals surface area contributed by atoms with Gasteiger partial charge in [-0.15, -0.1) is 18.3 Å². The zero-order valence-corrected chi connectivity index (χ0v) is 11.4. The second-order valence-electron chi connectivity index (χ2n) is 3.39. The monoisotopic (exact) mass is 253 g/mol. The molecule has 1 nitrogen and oxygen atoms in total. The topological polar surface area (TPSA) is 12.0 Å². The molecule has 0 bridgehead atoms. The molecule has 0 atom stereocenters. The van der Waals surface area contributed by atoms with Gasteiger partial charge in [0, 0.05) is 29.5 Å². The number of nitrogens with one attached hydrogen (secondary N) is 1. The maximum absolute atomic E-state index is 3.70. The highest BCUT2D eigenvalue weighted by molar-refractivity contribution is 7.99. The highest BCUT2D eigenvalue weighted by Gasteiger charge is 1.93. The normalized spacial score (nSPS) is 10.3. The third-order valence-corrected chi connectivity index (χ3v) is 3.85. The summed E-state index contributed by atoms with van der Waals surface area (Å²) in [4.78, 5) is 1.32. The molecule has 1 aromatic rings. The summed E-state index contributed by atoms with van der Waals surface area (Å²) < 4.78 is 0. The van der Waals surface area contributed by atoms with Crippen molar-refractivity contribution in [3.05, 3.63) is 42.5 Å². The van der Waals surface area contributed by atoms with Crippen LogP contribution in [0.4, 0.5) is 0 Å². The van der Waals surface area contributed by atoms with Gasteiger partial charge in [0.2, 0.25) is 0 Å². The molecule has 0 fully saturated rings. The second-order valence-corrected chi connectivity index (χ2v) is 5.42. The van der Waals surface area contributed by atoms with E-state index in [0.29, 0.717) is 0 Å². The molecule has 1 rings (SSSR count). The molecular formula is C13H19NS2. The molecule has 0 radical (unpaired) electrons. The van der Waals surface area contributed by atoms with Crippen molar-refractivity contribution in [2.24, 2.45) is 0 Å². The molecule has 0 aromatic heterocycles. The molecule has 0 aliphatic heterocycles. The van der Waals surface area contributed by atoms with E-state index in [-0.39, 0.29) is 0 Å². The number of hydrogen-bond acceptors (Lipinski definition) is 3. The summed E-state index contributed by atoms with van der Waals surface area (Å²) in [5, 5.41) is 3.44. The smallest absolute Gasteiger partial charge is 0.0205 e. The number of rotatable bonds is 8. The Kier molecular flexibility index (Phi) is 7.47. The highest BCUT2D eigenvalue weighted by atomic mass is 32.2. The van der Waals surface area contributed by atoms with E-state index in [9.17, 15) is 0 Å². The molecular weight excluding hydrogens is 234 g/mol. The summed E-state index contributed by atoms with van der Waals surface area (Å²) in [7, 11) is 0. The molecule has 16 heavy (non-hydrogen) atoms. The maximum atomic E-state index is 3.70. The number of thioether (sulfide) groups is 2. The largest absolute Gasteiger partial charge is 0.312 e. The van der Waals surface area contributed by atoms with Crippen LogP contribution in [0.1, 0.15) is 5.56 Å². The fourth-order valence-electron chi connectivity index (χ4n) is 1.29. The molecule has 3 heteroatoms. The standard InChI is InChI=1S/C13H19NS2/c1-3-9-16-10-8-14-11-12-4-6-13(15-2)7-5-12/h3-7,14H,1,8-11H2,2H3. The van der Waals surface area contributed by atoms with Gasteiger partial charge in [0.25, 0.3) is 0 Å². The Morgan fingerprint density at radius 2 is 2.06 bits per heavy atom. The third-order valence-electron chi connectivity index (χ3n) is 2.15. The average molecular weight is 253 g/mol. The van der Waals surface area contributed by atoms with Crippen molar-refractivity contribution in [1.82, 2.24) is 5.32 Å². The van der Waals surface area contributed by atoms with Crippen molar-refractivity contribution >= 4 is 23.5 Å². The molecule has 1 aromatic carbocycles. The van der Waals surface area contributed by atoms with Crippen LogP contribution in [0.15, 0.2) is 41.8 Å². The molecule has 0 aliphatic carbocycles. The summed E-state index contributed by atoms with van der Waals surface area (Å²) >= 11 is 3.69. The fourth-order valence-corrected chi connectivity index (χ4v) is 2.32. The van der Waals surface area contributed by atoms with E-state index in [4.69, 9.17) is 0 Å². The van der Waals surface area contributed by atoms with Crippen LogP contribution >= 0.6 is 23.5 Å². The zero-order valence-electron chi connectivity index (χ0n) is 9.74. The van der Waals surface area contributed by atoms with Crippen LogP contribution in [0, 0.1) is 0 Å². The van der Waals surface area contributed by atoms with E-state index >= 15 is 0 Å². The van der Waals surface area contributed by atoms with E-state index in [1.807, 2.05) is 17.8 Å². The second kappa shape index (κ2) is 8.74. The number of benzene rings is 1. The Morgan fingerprint density at radius 1 is 1.31 bits per heavy atom. The fraction of sp³-hybridized carbons (Fsp3) is 0.385. The first-order chi connectivity index (χ1) is 7.86. The molecule has 0 heterocycles. The predicted molar refractivity (Wildman–Crippen MR) is 77.5 cm³/mol. The maximum Gasteiger partial charge on any atom is 0.0205 e. The summed E-state index contributed by atoms with van der Waals surface area (Å²) in [5.41, 5.74) is 1.35. The van der Waals surface area contributed by atoms with Crippen LogP contribution in [0.3, 0.4) is 0 Å². The van der Waals surface area contributed by atoms with Crippen molar-refractivity contribution < 1.29 is 0 Å². The lowest BCUT2D eigenvalue weighted by atomic mass is 10.2. The molecule has 0 aliphatic rings. The van der Waals surface area contributed by atoms with Gasteiger partial charge >= 0.3 is 0 Å². The summed E-state index contributed by atoms with van der Waals surface area (Å²) in [6.07, 6.45) is 4.05. The van der Waals surface area contributed by atoms with Crippen molar-refractivity contribution in [2.45, 2.75) is 11.4 Å². The lowest BCUT2D eigenvalue weighted by molar-refractivity contribution is 0.732. The van der Waals surface area contributed by atoms with Crippen LogP contribution in [-0.4, -0.2) is 24.3 Å². The molecule has 0 unspecified atom stereocenters. The molecule has 0 amide bonds. The molecule has 88 valence electrons. The van der Waals surface area contributed by atoms with Gasteiger partial charge in [-0.1, -0.05) is 18.2 Å². The van der Waals surface area contributed by atoms with Gasteiger partial charge in [0.1, 0.15) is 0 Å². The van der Waals surface area contributed by atoms with Gasteiger partial charge in [0.15, 0.2) is 0 Å². The summed E-state index contributed by atoms with van der Waals surface area (Å²) in [6.45, 7) is 5.72. The Hall–Kier alpha value is -0.380. The Balaban J connectivity index is 2.14. The minimum atomic E-state index is 0.962. The lowest BCUT2D eigenvalue weighted by Crippen LogP contribution is -2.16. The number of hydrogen-bond donors (Lipinski definition) is 1. The lowest BCUT2D eigenvalue weighted by Gasteiger charge is -2.05. The minimum absolute atomic E-state index is 0.962. The van der Waals surface area contributed by atoms with Gasteiger partial charge in [-0.25, -0.2) is 0 Å². The van der Waals surface area contributed by atoms with Crippen LogP contribution in [0.5, 0.6) is 0 Å². The minimum Gasteiger partial charge on any atom is -0.312 e.